The van der Waals surface area contributed by atoms with Crippen molar-refractivity contribution in [1.29, 1.82) is 0 Å². The highest BCUT2D eigenvalue weighted by Crippen LogP contribution is 2.33. The van der Waals surface area contributed by atoms with Crippen LogP contribution in [0.4, 0.5) is 0 Å². The van der Waals surface area contributed by atoms with Gasteiger partial charge in [0.15, 0.2) is 17.2 Å². The van der Waals surface area contributed by atoms with Crippen molar-refractivity contribution in [2.75, 3.05) is 14.2 Å². The zero-order valence-corrected chi connectivity index (χ0v) is 15.8. The molecule has 1 aliphatic rings. The summed E-state index contributed by atoms with van der Waals surface area (Å²) in [7, 11) is 3.21. The predicted molar refractivity (Wildman–Crippen MR) is 96.7 cm³/mol. The van der Waals surface area contributed by atoms with Crippen LogP contribution < -0.4 is 14.8 Å². The second-order valence-corrected chi connectivity index (χ2v) is 6.53. The monoisotopic (exact) mass is 359 g/mol. The summed E-state index contributed by atoms with van der Waals surface area (Å²) in [4.78, 5) is 12.7. The molecule has 2 N–H and O–H groups in total. The molecule has 140 valence electrons. The van der Waals surface area contributed by atoms with Gasteiger partial charge in [-0.25, -0.2) is 0 Å². The van der Waals surface area contributed by atoms with E-state index in [2.05, 4.69) is 15.5 Å². The number of amides is 1. The number of H-pyrrole nitrogens is 1. The summed E-state index contributed by atoms with van der Waals surface area (Å²) < 4.78 is 16.5. The minimum absolute atomic E-state index is 0.0646. The molecule has 2 atom stereocenters. The number of aromatic nitrogens is 2. The molecule has 0 saturated carbocycles. The number of hydrogen-bond acceptors (Lipinski definition) is 5. The Morgan fingerprint density at radius 2 is 2.12 bits per heavy atom. The van der Waals surface area contributed by atoms with Crippen LogP contribution >= 0.6 is 0 Å². The summed E-state index contributed by atoms with van der Waals surface area (Å²) >= 11 is 0. The van der Waals surface area contributed by atoms with Crippen molar-refractivity contribution in [3.05, 3.63) is 40.2 Å². The van der Waals surface area contributed by atoms with Gasteiger partial charge >= 0.3 is 0 Å². The van der Waals surface area contributed by atoms with Gasteiger partial charge in [-0.15, -0.1) is 0 Å². The number of nitrogens with one attached hydrogen (secondary N) is 2. The Labute approximate surface area is 153 Å². The maximum absolute atomic E-state index is 12.7. The normalized spacial score (nSPS) is 19.0. The van der Waals surface area contributed by atoms with Crippen LogP contribution in [0, 0.1) is 6.92 Å². The third-order valence-corrected chi connectivity index (χ3v) is 4.79. The number of rotatable bonds is 5. The van der Waals surface area contributed by atoms with Crippen LogP contribution in [0.15, 0.2) is 12.1 Å². The number of ether oxygens (including phenoxy) is 3. The first-order valence-corrected chi connectivity index (χ1v) is 8.67. The van der Waals surface area contributed by atoms with Crippen LogP contribution in [-0.2, 0) is 17.7 Å². The Morgan fingerprint density at radius 3 is 2.81 bits per heavy atom. The van der Waals surface area contributed by atoms with Crippen molar-refractivity contribution < 1.29 is 19.0 Å². The molecular formula is C19H25N3O4. The number of aromatic amines is 1. The van der Waals surface area contributed by atoms with E-state index in [0.29, 0.717) is 30.2 Å². The molecule has 3 rings (SSSR count). The minimum Gasteiger partial charge on any atom is -0.493 e. The number of fused-ring (bicyclic) bond motifs is 1. The van der Waals surface area contributed by atoms with E-state index in [4.69, 9.17) is 14.2 Å². The fourth-order valence-corrected chi connectivity index (χ4v) is 3.43. The average Bonchev–Trinajstić information content (AvgIpc) is 3.04. The Hall–Kier alpha value is -2.54. The first kappa shape index (κ1) is 18.3. The molecule has 2 heterocycles. The van der Waals surface area contributed by atoms with Gasteiger partial charge in [0.05, 0.1) is 32.1 Å². The van der Waals surface area contributed by atoms with Crippen LogP contribution in [0.5, 0.6) is 11.5 Å². The fourth-order valence-electron chi connectivity index (χ4n) is 3.43. The predicted octanol–water partition coefficient (Wildman–Crippen LogP) is 2.69. The Morgan fingerprint density at radius 1 is 1.35 bits per heavy atom. The lowest BCUT2D eigenvalue weighted by atomic mass is 9.99. The molecule has 0 spiro atoms. The minimum atomic E-state index is -0.196. The van der Waals surface area contributed by atoms with Crippen LogP contribution in [0.1, 0.15) is 52.8 Å². The summed E-state index contributed by atoms with van der Waals surface area (Å²) in [5, 5.41) is 10.1. The van der Waals surface area contributed by atoms with Gasteiger partial charge in [0.25, 0.3) is 5.91 Å². The highest BCUT2D eigenvalue weighted by Gasteiger charge is 2.29. The van der Waals surface area contributed by atoms with Crippen LogP contribution in [0.2, 0.25) is 0 Å². The van der Waals surface area contributed by atoms with Gasteiger partial charge in [-0.2, -0.15) is 5.10 Å². The molecule has 26 heavy (non-hydrogen) atoms. The van der Waals surface area contributed by atoms with Crippen molar-refractivity contribution in [1.82, 2.24) is 15.5 Å². The van der Waals surface area contributed by atoms with Crippen molar-refractivity contribution in [3.8, 4) is 11.5 Å². The fraction of sp³-hybridized carbons (Fsp3) is 0.474. The van der Waals surface area contributed by atoms with Gasteiger partial charge in [0, 0.05) is 18.5 Å². The molecule has 0 bridgehead atoms. The number of nitrogens with zero attached hydrogens (tertiary/aromatic N) is 1. The maximum atomic E-state index is 12.7. The van der Waals surface area contributed by atoms with Crippen molar-refractivity contribution in [2.24, 2.45) is 0 Å². The molecule has 1 aromatic heterocycles. The molecule has 1 aromatic carbocycles. The summed E-state index contributed by atoms with van der Waals surface area (Å²) in [6.07, 6.45) is 0.652. The van der Waals surface area contributed by atoms with Crippen molar-refractivity contribution in [2.45, 2.75) is 45.9 Å². The van der Waals surface area contributed by atoms with E-state index in [9.17, 15) is 4.79 Å². The summed E-state index contributed by atoms with van der Waals surface area (Å²) in [5.41, 5.74) is 4.17. The molecule has 7 nitrogen and oxygen atoms in total. The van der Waals surface area contributed by atoms with Gasteiger partial charge < -0.3 is 19.5 Å². The van der Waals surface area contributed by atoms with E-state index in [1.165, 1.54) is 0 Å². The first-order chi connectivity index (χ1) is 12.5. The molecule has 2 aromatic rings. The number of benzene rings is 1. The highest BCUT2D eigenvalue weighted by molar-refractivity contribution is 5.94. The van der Waals surface area contributed by atoms with Gasteiger partial charge in [-0.3, -0.25) is 9.89 Å². The van der Waals surface area contributed by atoms with Gasteiger partial charge in [-0.1, -0.05) is 6.07 Å². The maximum Gasteiger partial charge on any atom is 0.272 e. The SMILES string of the molecule is COc1ccc(CNC(=O)c2n[nH]c3c2C[C@H](C)O[C@@H]3C)c(C)c1OC. The number of carbonyl (C=O) groups excluding carboxylic acids is 1. The third-order valence-electron chi connectivity index (χ3n) is 4.79. The van der Waals surface area contributed by atoms with E-state index in [1.807, 2.05) is 32.9 Å². The molecule has 7 heteroatoms. The molecular weight excluding hydrogens is 334 g/mol. The Balaban J connectivity index is 1.77. The van der Waals surface area contributed by atoms with Crippen LogP contribution in [-0.4, -0.2) is 36.4 Å². The second kappa shape index (κ2) is 7.37. The van der Waals surface area contributed by atoms with Crippen LogP contribution in [0.3, 0.4) is 0 Å². The average molecular weight is 359 g/mol. The molecule has 1 amide bonds. The molecule has 0 saturated heterocycles. The highest BCUT2D eigenvalue weighted by atomic mass is 16.5. The Bertz CT molecular complexity index is 815. The first-order valence-electron chi connectivity index (χ1n) is 8.67. The molecule has 0 radical (unpaired) electrons. The molecule has 1 aliphatic heterocycles. The lowest BCUT2D eigenvalue weighted by Crippen LogP contribution is -2.27. The van der Waals surface area contributed by atoms with E-state index >= 15 is 0 Å². The summed E-state index contributed by atoms with van der Waals surface area (Å²) in [6, 6.07) is 3.76. The second-order valence-electron chi connectivity index (χ2n) is 6.53. The van der Waals surface area contributed by atoms with E-state index < -0.39 is 0 Å². The summed E-state index contributed by atoms with van der Waals surface area (Å²) in [6.45, 7) is 6.29. The lowest BCUT2D eigenvalue weighted by molar-refractivity contribution is -0.00697. The van der Waals surface area contributed by atoms with Crippen LogP contribution in [0.25, 0.3) is 0 Å². The van der Waals surface area contributed by atoms with E-state index in [0.717, 1.165) is 22.4 Å². The van der Waals surface area contributed by atoms with E-state index in [-0.39, 0.29) is 18.1 Å². The lowest BCUT2D eigenvalue weighted by Gasteiger charge is -2.25. The largest absolute Gasteiger partial charge is 0.493 e. The summed E-state index contributed by atoms with van der Waals surface area (Å²) in [5.74, 6) is 1.15. The topological polar surface area (TPSA) is 85.5 Å². The van der Waals surface area contributed by atoms with Crippen molar-refractivity contribution in [3.63, 3.8) is 0 Å². The molecule has 0 unspecified atom stereocenters. The molecule has 0 fully saturated rings. The smallest absolute Gasteiger partial charge is 0.272 e. The molecule has 0 aliphatic carbocycles. The zero-order chi connectivity index (χ0) is 18.8. The Kier molecular flexibility index (Phi) is 5.18. The van der Waals surface area contributed by atoms with Gasteiger partial charge in [0.1, 0.15) is 0 Å². The third kappa shape index (κ3) is 3.26. The van der Waals surface area contributed by atoms with Gasteiger partial charge in [0.2, 0.25) is 0 Å². The van der Waals surface area contributed by atoms with Crippen molar-refractivity contribution >= 4 is 5.91 Å². The number of methoxy groups -OCH3 is 2. The number of hydrogen-bond donors (Lipinski definition) is 2. The van der Waals surface area contributed by atoms with E-state index in [1.54, 1.807) is 14.2 Å². The number of carbonyl (C=O) groups is 1. The standard InChI is InChI=1S/C19H25N3O4/c1-10-8-14-16(12(3)26-10)21-22-17(14)19(23)20-9-13-6-7-15(24-4)18(25-5)11(13)2/h6-7,10,12H,8-9H2,1-5H3,(H,20,23)(H,21,22)/t10-,12+/m0/s1. The zero-order valence-electron chi connectivity index (χ0n) is 15.8. The quantitative estimate of drug-likeness (QED) is 0.857. The van der Waals surface area contributed by atoms with Gasteiger partial charge in [-0.05, 0) is 38.0 Å².